The van der Waals surface area contributed by atoms with Crippen molar-refractivity contribution in [2.24, 2.45) is 5.92 Å². The molecule has 0 unspecified atom stereocenters. The van der Waals surface area contributed by atoms with Crippen LogP contribution in [0.3, 0.4) is 0 Å². The molecular weight excluding hydrogens is 434 g/mol. The average Bonchev–Trinajstić information content (AvgIpc) is 2.81. The number of carbonyl (C=O) groups excluding carboxylic acids is 1. The fourth-order valence-electron chi connectivity index (χ4n) is 2.39. The highest BCUT2D eigenvalue weighted by Gasteiger charge is 2.32. The van der Waals surface area contributed by atoms with Gasteiger partial charge in [0.1, 0.15) is 10.9 Å². The maximum Gasteiger partial charge on any atom is 0.266 e. The molecule has 1 aliphatic rings. The third-order valence-electron chi connectivity index (χ3n) is 3.40. The second kappa shape index (κ2) is 9.58. The Morgan fingerprint density at radius 2 is 2.12 bits per heavy atom. The molecule has 0 N–H and O–H groups in total. The lowest BCUT2D eigenvalue weighted by Crippen LogP contribution is -2.31. The molecule has 1 aromatic rings. The predicted octanol–water partition coefficient (Wildman–Crippen LogP) is 5.27. The lowest BCUT2D eigenvalue weighted by Gasteiger charge is -2.16. The summed E-state index contributed by atoms with van der Waals surface area (Å²) in [4.78, 5) is 14.9. The van der Waals surface area contributed by atoms with Crippen molar-refractivity contribution in [3.05, 3.63) is 39.7 Å². The number of benzene rings is 1. The van der Waals surface area contributed by atoms with Gasteiger partial charge in [0.05, 0.1) is 16.0 Å². The molecule has 2 rings (SSSR count). The monoisotopic (exact) mass is 455 g/mol. The third kappa shape index (κ3) is 5.11. The lowest BCUT2D eigenvalue weighted by molar-refractivity contribution is -0.122. The zero-order valence-electron chi connectivity index (χ0n) is 15.1. The van der Waals surface area contributed by atoms with Crippen molar-refractivity contribution in [2.45, 2.75) is 20.8 Å². The molecule has 0 radical (unpaired) electrons. The van der Waals surface area contributed by atoms with Gasteiger partial charge in [-0.15, -0.1) is 0 Å². The highest BCUT2D eigenvalue weighted by molar-refractivity contribution is 9.10. The van der Waals surface area contributed by atoms with Gasteiger partial charge in [0.15, 0.2) is 11.5 Å². The predicted molar refractivity (Wildman–Crippen MR) is 116 cm³/mol. The molecule has 0 atom stereocenters. The Bertz CT molecular complexity index is 747. The van der Waals surface area contributed by atoms with E-state index in [0.29, 0.717) is 46.4 Å². The quantitative estimate of drug-likeness (QED) is 0.303. The number of hydrogen-bond donors (Lipinski definition) is 0. The maximum atomic E-state index is 12.6. The van der Waals surface area contributed by atoms with Crippen molar-refractivity contribution in [3.8, 4) is 11.5 Å². The summed E-state index contributed by atoms with van der Waals surface area (Å²) in [6.07, 6.45) is 3.51. The molecule has 1 saturated heterocycles. The van der Waals surface area contributed by atoms with Gasteiger partial charge in [-0.1, -0.05) is 50.5 Å². The van der Waals surface area contributed by atoms with Gasteiger partial charge in [-0.2, -0.15) is 0 Å². The van der Waals surface area contributed by atoms with E-state index in [1.54, 1.807) is 11.0 Å². The number of thioether (sulfide) groups is 1. The topological polar surface area (TPSA) is 38.8 Å². The van der Waals surface area contributed by atoms with Gasteiger partial charge in [0, 0.05) is 6.54 Å². The van der Waals surface area contributed by atoms with E-state index >= 15 is 0 Å². The number of ether oxygens (including phenoxy) is 2. The van der Waals surface area contributed by atoms with Gasteiger partial charge < -0.3 is 9.47 Å². The normalized spacial score (nSPS) is 15.9. The van der Waals surface area contributed by atoms with Crippen LogP contribution in [0.5, 0.6) is 11.5 Å². The van der Waals surface area contributed by atoms with Crippen LogP contribution in [0.1, 0.15) is 26.3 Å². The molecule has 0 aromatic heterocycles. The Morgan fingerprint density at radius 3 is 2.73 bits per heavy atom. The first-order valence-electron chi connectivity index (χ1n) is 8.32. The Morgan fingerprint density at radius 1 is 1.38 bits per heavy atom. The van der Waals surface area contributed by atoms with Crippen LogP contribution >= 0.6 is 39.9 Å². The van der Waals surface area contributed by atoms with E-state index < -0.39 is 0 Å². The van der Waals surface area contributed by atoms with E-state index in [1.807, 2.05) is 25.1 Å². The molecule has 1 fully saturated rings. The van der Waals surface area contributed by atoms with Gasteiger partial charge in [0.2, 0.25) is 0 Å². The molecule has 140 valence electrons. The summed E-state index contributed by atoms with van der Waals surface area (Å²) in [6, 6.07) is 3.76. The number of carbonyl (C=O) groups is 1. The number of rotatable bonds is 8. The van der Waals surface area contributed by atoms with Crippen LogP contribution in [-0.2, 0) is 4.79 Å². The van der Waals surface area contributed by atoms with E-state index in [0.717, 1.165) is 10.0 Å². The molecule has 26 heavy (non-hydrogen) atoms. The first-order valence-corrected chi connectivity index (χ1v) is 10.3. The minimum Gasteiger partial charge on any atom is -0.490 e. The Balaban J connectivity index is 2.34. The summed E-state index contributed by atoms with van der Waals surface area (Å²) >= 11 is 10.2. The van der Waals surface area contributed by atoms with Crippen molar-refractivity contribution < 1.29 is 14.3 Å². The summed E-state index contributed by atoms with van der Waals surface area (Å²) in [7, 11) is 0. The summed E-state index contributed by atoms with van der Waals surface area (Å²) in [5.41, 5.74) is 0.844. The van der Waals surface area contributed by atoms with Crippen LogP contribution in [0.2, 0.25) is 0 Å². The smallest absolute Gasteiger partial charge is 0.266 e. The standard InChI is InChI=1S/C19H22BrNO3S2/c1-5-7-24-17-14(20)8-13(9-15(17)23-6-2)10-16-18(22)21(11-12(3)4)19(25)26-16/h5,8-10,12H,1,6-7,11H2,2-4H3/b16-10-. The first-order chi connectivity index (χ1) is 12.4. The van der Waals surface area contributed by atoms with Crippen LogP contribution < -0.4 is 9.47 Å². The summed E-state index contributed by atoms with van der Waals surface area (Å²) in [5, 5.41) is 0. The fraction of sp³-hybridized carbons (Fsp3) is 0.368. The maximum absolute atomic E-state index is 12.6. The van der Waals surface area contributed by atoms with Crippen LogP contribution in [0, 0.1) is 5.92 Å². The van der Waals surface area contributed by atoms with Crippen molar-refractivity contribution in [1.82, 2.24) is 4.90 Å². The number of halogens is 1. The molecule has 0 aliphatic carbocycles. The number of thiocarbonyl (C=S) groups is 1. The highest BCUT2D eigenvalue weighted by Crippen LogP contribution is 2.39. The van der Waals surface area contributed by atoms with Crippen LogP contribution in [-0.4, -0.2) is 34.9 Å². The molecule has 1 amide bonds. The van der Waals surface area contributed by atoms with Crippen molar-refractivity contribution >= 4 is 56.2 Å². The average molecular weight is 456 g/mol. The van der Waals surface area contributed by atoms with E-state index in [2.05, 4.69) is 36.4 Å². The summed E-state index contributed by atoms with van der Waals surface area (Å²) in [6.45, 7) is 11.2. The Labute approximate surface area is 172 Å². The lowest BCUT2D eigenvalue weighted by atomic mass is 10.1. The van der Waals surface area contributed by atoms with E-state index in [1.165, 1.54) is 11.8 Å². The molecule has 0 saturated carbocycles. The molecule has 0 bridgehead atoms. The minimum absolute atomic E-state index is 0.0465. The Hall–Kier alpha value is -1.31. The highest BCUT2D eigenvalue weighted by atomic mass is 79.9. The van der Waals surface area contributed by atoms with E-state index in [9.17, 15) is 4.79 Å². The number of nitrogens with zero attached hydrogens (tertiary/aromatic N) is 1. The SMILES string of the molecule is C=CCOc1c(Br)cc(/C=C2\SC(=S)N(CC(C)C)C2=O)cc1OCC. The van der Waals surface area contributed by atoms with Gasteiger partial charge in [0.25, 0.3) is 5.91 Å². The molecular formula is C19H22BrNO3S2. The van der Waals surface area contributed by atoms with E-state index in [4.69, 9.17) is 21.7 Å². The number of hydrogen-bond acceptors (Lipinski definition) is 5. The molecule has 1 aromatic carbocycles. The summed E-state index contributed by atoms with van der Waals surface area (Å²) < 4.78 is 12.7. The Kier molecular flexibility index (Phi) is 7.73. The van der Waals surface area contributed by atoms with Crippen molar-refractivity contribution in [3.63, 3.8) is 0 Å². The fourth-order valence-corrected chi connectivity index (χ4v) is 4.24. The van der Waals surface area contributed by atoms with Gasteiger partial charge in [-0.25, -0.2) is 0 Å². The third-order valence-corrected chi connectivity index (χ3v) is 5.36. The van der Waals surface area contributed by atoms with E-state index in [-0.39, 0.29) is 5.91 Å². The zero-order valence-corrected chi connectivity index (χ0v) is 18.3. The molecule has 0 spiro atoms. The minimum atomic E-state index is -0.0465. The molecule has 7 heteroatoms. The molecule has 1 aliphatic heterocycles. The summed E-state index contributed by atoms with van der Waals surface area (Å²) in [5.74, 6) is 1.55. The van der Waals surface area contributed by atoms with Gasteiger partial charge in [-0.05, 0) is 52.5 Å². The second-order valence-corrected chi connectivity index (χ2v) is 8.58. The molecule has 1 heterocycles. The van der Waals surface area contributed by atoms with Crippen molar-refractivity contribution in [1.29, 1.82) is 0 Å². The largest absolute Gasteiger partial charge is 0.490 e. The second-order valence-electron chi connectivity index (χ2n) is 6.05. The number of amides is 1. The van der Waals surface area contributed by atoms with Crippen LogP contribution in [0.15, 0.2) is 34.2 Å². The zero-order chi connectivity index (χ0) is 19.3. The van der Waals surface area contributed by atoms with Crippen LogP contribution in [0.4, 0.5) is 0 Å². The molecule has 4 nitrogen and oxygen atoms in total. The van der Waals surface area contributed by atoms with Gasteiger partial charge in [-0.3, -0.25) is 9.69 Å². The van der Waals surface area contributed by atoms with Gasteiger partial charge >= 0.3 is 0 Å². The van der Waals surface area contributed by atoms with Crippen molar-refractivity contribution in [2.75, 3.05) is 19.8 Å². The van der Waals surface area contributed by atoms with Crippen LogP contribution in [0.25, 0.3) is 6.08 Å². The first kappa shape index (κ1) is 21.0.